The minimum Gasteiger partial charge on any atom is -0.481 e. The van der Waals surface area contributed by atoms with Crippen LogP contribution >= 0.6 is 0 Å². The largest absolute Gasteiger partial charge is 0.481 e. The Bertz CT molecular complexity index is 679. The molecule has 1 amide bonds. The molecule has 28 heavy (non-hydrogen) atoms. The van der Waals surface area contributed by atoms with E-state index in [1.54, 1.807) is 6.07 Å². The number of hydrogen-bond acceptors (Lipinski definition) is 5. The summed E-state index contributed by atoms with van der Waals surface area (Å²) >= 11 is 0. The maximum atomic E-state index is 13.4. The molecule has 0 bridgehead atoms. The lowest BCUT2D eigenvalue weighted by molar-refractivity contribution is -0.152. The molecule has 0 radical (unpaired) electrons. The van der Waals surface area contributed by atoms with Crippen molar-refractivity contribution in [1.82, 2.24) is 15.1 Å². The number of rotatable bonds is 3. The van der Waals surface area contributed by atoms with E-state index in [-0.39, 0.29) is 11.7 Å². The number of nitrogens with one attached hydrogen (secondary N) is 1. The van der Waals surface area contributed by atoms with E-state index in [0.29, 0.717) is 11.0 Å². The molecule has 2 fully saturated rings. The van der Waals surface area contributed by atoms with Crippen LogP contribution < -0.4 is 5.32 Å². The molecule has 156 valence electrons. The fourth-order valence-electron chi connectivity index (χ4n) is 3.13. The number of hydrogen-bond donors (Lipinski definition) is 3. The van der Waals surface area contributed by atoms with Gasteiger partial charge in [-0.3, -0.25) is 19.3 Å². The molecule has 8 nitrogen and oxygen atoms in total. The average molecular weight is 397 g/mol. The van der Waals surface area contributed by atoms with Crippen LogP contribution in [0.4, 0.5) is 4.39 Å². The first-order chi connectivity index (χ1) is 13.0. The molecule has 1 atom stereocenters. The van der Waals surface area contributed by atoms with Gasteiger partial charge in [-0.25, -0.2) is 4.39 Å². The maximum absolute atomic E-state index is 13.4. The number of halogens is 1. The van der Waals surface area contributed by atoms with Gasteiger partial charge in [0, 0.05) is 45.4 Å². The molecule has 2 heterocycles. The summed E-state index contributed by atoms with van der Waals surface area (Å²) in [5.41, 5.74) is 1.03. The summed E-state index contributed by atoms with van der Waals surface area (Å²) in [4.78, 5) is 34.4. The van der Waals surface area contributed by atoms with Crippen molar-refractivity contribution in [1.29, 1.82) is 0 Å². The number of nitrogens with zero attached hydrogens (tertiary/aromatic N) is 2. The molecule has 1 aromatic carbocycles. The van der Waals surface area contributed by atoms with Gasteiger partial charge in [-0.05, 0) is 31.8 Å². The normalized spacial score (nSPS) is 17.1. The van der Waals surface area contributed by atoms with Gasteiger partial charge in [-0.1, -0.05) is 12.1 Å². The van der Waals surface area contributed by atoms with Crippen molar-refractivity contribution in [3.63, 3.8) is 0 Å². The van der Waals surface area contributed by atoms with Gasteiger partial charge in [0.1, 0.15) is 11.9 Å². The number of likely N-dealkylation sites (N-methyl/N-ethyl adjacent to an activating group) is 1. The van der Waals surface area contributed by atoms with Gasteiger partial charge in [0.05, 0.1) is 0 Å². The number of carboxylic acids is 2. The first kappa shape index (κ1) is 23.5. The molecule has 0 aromatic heterocycles. The minimum atomic E-state index is -0.833. The summed E-state index contributed by atoms with van der Waals surface area (Å²) in [6.45, 7) is 5.81. The quantitative estimate of drug-likeness (QED) is 0.699. The summed E-state index contributed by atoms with van der Waals surface area (Å²) in [6, 6.07) is 5.91. The monoisotopic (exact) mass is 397 g/mol. The van der Waals surface area contributed by atoms with Crippen LogP contribution in [0.25, 0.3) is 0 Å². The second-order valence-corrected chi connectivity index (χ2v) is 7.26. The van der Waals surface area contributed by atoms with Crippen LogP contribution in [-0.2, 0) is 14.4 Å². The van der Waals surface area contributed by atoms with Crippen LogP contribution in [0, 0.1) is 11.2 Å². The zero-order valence-corrected chi connectivity index (χ0v) is 16.6. The lowest BCUT2D eigenvalue weighted by Crippen LogP contribution is -2.72. The number of carbonyl (C=O) groups excluding carboxylic acids is 1. The van der Waals surface area contributed by atoms with E-state index in [0.717, 1.165) is 40.0 Å². The summed E-state index contributed by atoms with van der Waals surface area (Å²) in [5, 5.41) is 18.1. The van der Waals surface area contributed by atoms with Crippen molar-refractivity contribution >= 4 is 17.8 Å². The molecular weight excluding hydrogens is 369 g/mol. The number of benzene rings is 1. The number of aliphatic carboxylic acids is 2. The predicted octanol–water partition coefficient (Wildman–Crippen LogP) is 1.04. The number of amides is 1. The van der Waals surface area contributed by atoms with E-state index in [1.165, 1.54) is 12.1 Å². The first-order valence-electron chi connectivity index (χ1n) is 8.78. The standard InChI is InChI=1S/C15H20FN3O.2C2H4O2/c1-18(2)13(11-4-3-5-12(16)6-11)14(20)19-9-15(10-19)7-17-8-15;2*1-2(3)4/h3-6,13,17H,7-10H2,1-2H3;2*1H3,(H,3,4). The number of carboxylic acid groups (broad SMARTS) is 2. The SMILES string of the molecule is CC(=O)O.CC(=O)O.CN(C)C(C(=O)N1CC2(CNC2)C1)c1cccc(F)c1. The van der Waals surface area contributed by atoms with Crippen LogP contribution in [0.15, 0.2) is 24.3 Å². The van der Waals surface area contributed by atoms with E-state index in [1.807, 2.05) is 30.0 Å². The van der Waals surface area contributed by atoms with Crippen molar-refractivity contribution in [2.45, 2.75) is 19.9 Å². The second kappa shape index (κ2) is 10.1. The molecule has 2 saturated heterocycles. The van der Waals surface area contributed by atoms with E-state index >= 15 is 0 Å². The van der Waals surface area contributed by atoms with Gasteiger partial charge in [0.25, 0.3) is 11.9 Å². The van der Waals surface area contributed by atoms with Crippen LogP contribution in [-0.4, -0.2) is 78.1 Å². The highest BCUT2D eigenvalue weighted by molar-refractivity contribution is 5.84. The molecule has 0 aliphatic carbocycles. The van der Waals surface area contributed by atoms with Gasteiger partial charge in [-0.2, -0.15) is 0 Å². The second-order valence-electron chi connectivity index (χ2n) is 7.26. The van der Waals surface area contributed by atoms with Gasteiger partial charge >= 0.3 is 0 Å². The van der Waals surface area contributed by atoms with Gasteiger partial charge < -0.3 is 20.4 Å². The van der Waals surface area contributed by atoms with Gasteiger partial charge in [-0.15, -0.1) is 0 Å². The number of carbonyl (C=O) groups is 3. The minimum absolute atomic E-state index is 0.0677. The van der Waals surface area contributed by atoms with Crippen LogP contribution in [0.3, 0.4) is 0 Å². The Labute approximate surface area is 163 Å². The Morgan fingerprint density at radius 2 is 1.64 bits per heavy atom. The van der Waals surface area contributed by atoms with Crippen LogP contribution in [0.5, 0.6) is 0 Å². The topological polar surface area (TPSA) is 110 Å². The summed E-state index contributed by atoms with van der Waals surface area (Å²) in [5.74, 6) is -1.90. The van der Waals surface area contributed by atoms with E-state index in [2.05, 4.69) is 5.32 Å². The lowest BCUT2D eigenvalue weighted by atomic mass is 9.74. The third-order valence-corrected chi connectivity index (χ3v) is 4.28. The van der Waals surface area contributed by atoms with Gasteiger partial charge in [0.2, 0.25) is 5.91 Å². The molecule has 0 saturated carbocycles. The van der Waals surface area contributed by atoms with E-state index in [9.17, 15) is 9.18 Å². The molecule has 1 unspecified atom stereocenters. The van der Waals surface area contributed by atoms with Gasteiger partial charge in [0.15, 0.2) is 0 Å². The fraction of sp³-hybridized carbons (Fsp3) is 0.526. The third-order valence-electron chi connectivity index (χ3n) is 4.28. The number of likely N-dealkylation sites (tertiary alicyclic amines) is 1. The molecular formula is C19H28FN3O5. The molecule has 9 heteroatoms. The summed E-state index contributed by atoms with van der Waals surface area (Å²) in [6.07, 6.45) is 0. The Morgan fingerprint density at radius 3 is 2.00 bits per heavy atom. The first-order valence-corrected chi connectivity index (χ1v) is 8.78. The summed E-state index contributed by atoms with van der Waals surface area (Å²) < 4.78 is 13.4. The summed E-state index contributed by atoms with van der Waals surface area (Å²) in [7, 11) is 3.71. The smallest absolute Gasteiger partial charge is 0.300 e. The highest BCUT2D eigenvalue weighted by atomic mass is 19.1. The molecule has 2 aliphatic heterocycles. The van der Waals surface area contributed by atoms with Crippen molar-refractivity contribution in [2.75, 3.05) is 40.3 Å². The average Bonchev–Trinajstić information content (AvgIpc) is 2.42. The Hall–Kier alpha value is -2.52. The molecule has 3 rings (SSSR count). The van der Waals surface area contributed by atoms with Crippen molar-refractivity contribution in [3.05, 3.63) is 35.6 Å². The Morgan fingerprint density at radius 1 is 1.14 bits per heavy atom. The molecule has 2 aliphatic rings. The molecule has 1 spiro atoms. The van der Waals surface area contributed by atoms with Crippen molar-refractivity contribution in [2.24, 2.45) is 5.41 Å². The zero-order valence-electron chi connectivity index (χ0n) is 16.6. The van der Waals surface area contributed by atoms with Crippen molar-refractivity contribution in [3.8, 4) is 0 Å². The predicted molar refractivity (Wildman–Crippen MR) is 101 cm³/mol. The van der Waals surface area contributed by atoms with Crippen LogP contribution in [0.1, 0.15) is 25.5 Å². The van der Waals surface area contributed by atoms with E-state index in [4.69, 9.17) is 19.8 Å². The maximum Gasteiger partial charge on any atom is 0.300 e. The van der Waals surface area contributed by atoms with E-state index < -0.39 is 18.0 Å². The fourth-order valence-corrected chi connectivity index (χ4v) is 3.13. The highest BCUT2D eigenvalue weighted by Crippen LogP contribution is 2.36. The highest BCUT2D eigenvalue weighted by Gasteiger charge is 2.50. The lowest BCUT2D eigenvalue weighted by Gasteiger charge is -2.56. The van der Waals surface area contributed by atoms with Crippen molar-refractivity contribution < 1.29 is 29.0 Å². The third kappa shape index (κ3) is 6.90. The zero-order chi connectivity index (χ0) is 21.5. The molecule has 1 aromatic rings. The Balaban J connectivity index is 0.000000420. The Kier molecular flexibility index (Phi) is 8.52. The van der Waals surface area contributed by atoms with Crippen LogP contribution in [0.2, 0.25) is 0 Å². The molecule has 3 N–H and O–H groups in total.